The Kier molecular flexibility index (Phi) is 5.42. The maximum absolute atomic E-state index is 14.2. The first-order chi connectivity index (χ1) is 14.4. The Balaban J connectivity index is 1.49. The number of rotatable bonds is 6. The van der Waals surface area contributed by atoms with Crippen LogP contribution < -0.4 is 10.1 Å². The molecule has 1 N–H and O–H groups in total. The summed E-state index contributed by atoms with van der Waals surface area (Å²) in [6, 6.07) is 8.22. The highest BCUT2D eigenvalue weighted by molar-refractivity contribution is 7.17. The van der Waals surface area contributed by atoms with Gasteiger partial charge in [-0.05, 0) is 43.7 Å². The number of hydrogen-bond donors (Lipinski definition) is 1. The zero-order chi connectivity index (χ0) is 21.4. The fourth-order valence-electron chi connectivity index (χ4n) is 3.57. The van der Waals surface area contributed by atoms with Crippen LogP contribution in [0.4, 0.5) is 4.39 Å². The van der Waals surface area contributed by atoms with Crippen molar-refractivity contribution >= 4 is 23.0 Å². The van der Waals surface area contributed by atoms with Crippen LogP contribution in [0.3, 0.4) is 0 Å². The number of aromatic nitrogens is 2. The Bertz CT molecular complexity index is 1130. The van der Waals surface area contributed by atoms with Gasteiger partial charge in [-0.15, -0.1) is 11.3 Å². The van der Waals surface area contributed by atoms with E-state index >= 15 is 0 Å². The second-order valence-electron chi connectivity index (χ2n) is 7.31. The van der Waals surface area contributed by atoms with Gasteiger partial charge in [-0.1, -0.05) is 6.92 Å². The number of thiophene rings is 1. The van der Waals surface area contributed by atoms with Crippen LogP contribution >= 0.6 is 11.3 Å². The smallest absolute Gasteiger partial charge is 0.269 e. The summed E-state index contributed by atoms with van der Waals surface area (Å²) in [6.45, 7) is 3.79. The zero-order valence-corrected chi connectivity index (χ0v) is 17.8. The highest BCUT2D eigenvalue weighted by atomic mass is 32.1. The van der Waals surface area contributed by atoms with Crippen LogP contribution in [0.25, 0.3) is 10.4 Å². The van der Waals surface area contributed by atoms with Gasteiger partial charge in [0.05, 0.1) is 17.1 Å². The van der Waals surface area contributed by atoms with Gasteiger partial charge in [-0.2, -0.15) is 5.10 Å². The highest BCUT2D eigenvalue weighted by Crippen LogP contribution is 2.42. The van der Waals surface area contributed by atoms with Crippen LogP contribution in [0, 0.1) is 5.82 Å². The van der Waals surface area contributed by atoms with E-state index in [9.17, 15) is 14.0 Å². The average Bonchev–Trinajstić information content (AvgIpc) is 3.43. The minimum Gasteiger partial charge on any atom is -0.487 e. The molecule has 1 unspecified atom stereocenters. The van der Waals surface area contributed by atoms with E-state index in [1.165, 1.54) is 30.4 Å². The predicted octanol–water partition coefficient (Wildman–Crippen LogP) is 3.79. The van der Waals surface area contributed by atoms with E-state index < -0.39 is 0 Å². The SMILES string of the molecule is CCc1cc(C(=O)NCC2Cc3cc(F)cc(-c4ccc(C(C)=O)s4)c3O2)n(C)n1. The number of ketones is 1. The molecular formula is C22H22FN3O3S. The molecule has 3 aromatic rings. The summed E-state index contributed by atoms with van der Waals surface area (Å²) < 4.78 is 21.9. The van der Waals surface area contributed by atoms with Gasteiger partial charge in [0.25, 0.3) is 5.91 Å². The maximum Gasteiger partial charge on any atom is 0.269 e. The molecular weight excluding hydrogens is 405 g/mol. The van der Waals surface area contributed by atoms with Crippen LogP contribution in [0.1, 0.15) is 45.3 Å². The van der Waals surface area contributed by atoms with Gasteiger partial charge < -0.3 is 10.1 Å². The van der Waals surface area contributed by atoms with Crippen molar-refractivity contribution in [3.05, 3.63) is 58.0 Å². The van der Waals surface area contributed by atoms with Crippen molar-refractivity contribution in [2.24, 2.45) is 7.05 Å². The second kappa shape index (κ2) is 8.02. The molecule has 1 atom stereocenters. The molecule has 0 radical (unpaired) electrons. The Morgan fingerprint density at radius 1 is 1.33 bits per heavy atom. The van der Waals surface area contributed by atoms with Crippen molar-refractivity contribution in [2.75, 3.05) is 6.54 Å². The van der Waals surface area contributed by atoms with Crippen LogP contribution in [-0.2, 0) is 19.9 Å². The molecule has 1 amide bonds. The van der Waals surface area contributed by atoms with E-state index in [1.54, 1.807) is 23.9 Å². The molecule has 1 aliphatic rings. The summed E-state index contributed by atoms with van der Waals surface area (Å²) in [5, 5.41) is 7.18. The third kappa shape index (κ3) is 3.87. The minimum atomic E-state index is -0.350. The molecule has 2 aromatic heterocycles. The predicted molar refractivity (Wildman–Crippen MR) is 113 cm³/mol. The summed E-state index contributed by atoms with van der Waals surface area (Å²) in [6.07, 6.45) is 0.956. The normalized spacial score (nSPS) is 15.0. The standard InChI is InChI=1S/C22H22FN3O3S/c1-4-15-10-18(26(3)25-15)22(28)24-11-16-8-13-7-14(23)9-17(21(13)29-16)20-6-5-19(30-20)12(2)27/h5-7,9-10,16H,4,8,11H2,1-3H3,(H,24,28). The molecule has 0 saturated heterocycles. The monoisotopic (exact) mass is 427 g/mol. The van der Waals surface area contributed by atoms with Crippen LogP contribution in [0.15, 0.2) is 30.3 Å². The van der Waals surface area contributed by atoms with E-state index in [4.69, 9.17) is 4.74 Å². The van der Waals surface area contributed by atoms with Gasteiger partial charge in [0.2, 0.25) is 0 Å². The summed E-state index contributed by atoms with van der Waals surface area (Å²) >= 11 is 1.32. The number of fused-ring (bicyclic) bond motifs is 1. The van der Waals surface area contributed by atoms with E-state index in [-0.39, 0.29) is 23.6 Å². The molecule has 0 saturated carbocycles. The second-order valence-corrected chi connectivity index (χ2v) is 8.40. The van der Waals surface area contributed by atoms with Crippen molar-refractivity contribution in [1.82, 2.24) is 15.1 Å². The number of carbonyl (C=O) groups excluding carboxylic acids is 2. The number of hydrogen-bond acceptors (Lipinski definition) is 5. The molecule has 0 spiro atoms. The first-order valence-electron chi connectivity index (χ1n) is 9.77. The number of Topliss-reactive ketones (excluding diaryl/α,β-unsaturated/α-hetero) is 1. The first kappa shape index (κ1) is 20.3. The number of halogens is 1. The Morgan fingerprint density at radius 3 is 2.80 bits per heavy atom. The molecule has 30 heavy (non-hydrogen) atoms. The Labute approximate surface area is 177 Å². The maximum atomic E-state index is 14.2. The fraction of sp³-hybridized carbons (Fsp3) is 0.318. The third-order valence-electron chi connectivity index (χ3n) is 5.10. The topological polar surface area (TPSA) is 73.2 Å². The number of amides is 1. The van der Waals surface area contributed by atoms with Crippen LogP contribution in [0.2, 0.25) is 0 Å². The molecule has 0 fully saturated rings. The largest absolute Gasteiger partial charge is 0.487 e. The lowest BCUT2D eigenvalue weighted by molar-refractivity contribution is 0.0923. The number of aryl methyl sites for hydroxylation is 2. The van der Waals surface area contributed by atoms with Crippen molar-refractivity contribution in [2.45, 2.75) is 32.8 Å². The van der Waals surface area contributed by atoms with E-state index in [1.807, 2.05) is 13.0 Å². The molecule has 0 aliphatic carbocycles. The molecule has 4 rings (SSSR count). The van der Waals surface area contributed by atoms with Crippen LogP contribution in [-0.4, -0.2) is 34.1 Å². The van der Waals surface area contributed by atoms with Crippen LogP contribution in [0.5, 0.6) is 5.75 Å². The Hall–Kier alpha value is -3.00. The number of carbonyl (C=O) groups is 2. The summed E-state index contributed by atoms with van der Waals surface area (Å²) in [4.78, 5) is 25.5. The quantitative estimate of drug-likeness (QED) is 0.608. The number of nitrogens with one attached hydrogen (secondary N) is 1. The molecule has 1 aromatic carbocycles. The molecule has 156 valence electrons. The third-order valence-corrected chi connectivity index (χ3v) is 6.32. The summed E-state index contributed by atoms with van der Waals surface area (Å²) in [5.41, 5.74) is 2.74. The van der Waals surface area contributed by atoms with Crippen molar-refractivity contribution < 1.29 is 18.7 Å². The van der Waals surface area contributed by atoms with Gasteiger partial charge in [-0.25, -0.2) is 4.39 Å². The van der Waals surface area contributed by atoms with Crippen molar-refractivity contribution in [1.29, 1.82) is 0 Å². The van der Waals surface area contributed by atoms with Crippen molar-refractivity contribution in [3.63, 3.8) is 0 Å². The van der Waals surface area contributed by atoms with Gasteiger partial charge in [-0.3, -0.25) is 14.3 Å². The van der Waals surface area contributed by atoms with E-state index in [2.05, 4.69) is 10.4 Å². The van der Waals surface area contributed by atoms with E-state index in [0.717, 1.165) is 22.6 Å². The summed E-state index contributed by atoms with van der Waals surface area (Å²) in [7, 11) is 1.74. The number of nitrogens with zero attached hydrogens (tertiary/aromatic N) is 2. The zero-order valence-electron chi connectivity index (χ0n) is 17.0. The van der Waals surface area contributed by atoms with E-state index in [0.29, 0.717) is 34.8 Å². The lowest BCUT2D eigenvalue weighted by atomic mass is 10.0. The average molecular weight is 428 g/mol. The van der Waals surface area contributed by atoms with Gasteiger partial charge in [0, 0.05) is 29.5 Å². The van der Waals surface area contributed by atoms with Gasteiger partial charge in [0.1, 0.15) is 23.4 Å². The van der Waals surface area contributed by atoms with Gasteiger partial charge >= 0.3 is 0 Å². The molecule has 1 aliphatic heterocycles. The minimum absolute atomic E-state index is 0.0257. The highest BCUT2D eigenvalue weighted by Gasteiger charge is 2.28. The summed E-state index contributed by atoms with van der Waals surface area (Å²) in [5.74, 6) is 0.0143. The molecule has 3 heterocycles. The lowest BCUT2D eigenvalue weighted by Gasteiger charge is -2.13. The molecule has 0 bridgehead atoms. The Morgan fingerprint density at radius 2 is 2.13 bits per heavy atom. The fourth-order valence-corrected chi connectivity index (χ4v) is 4.49. The van der Waals surface area contributed by atoms with Gasteiger partial charge in [0.15, 0.2) is 5.78 Å². The van der Waals surface area contributed by atoms with Crippen molar-refractivity contribution in [3.8, 4) is 16.2 Å². The molecule has 6 nitrogen and oxygen atoms in total. The number of benzene rings is 1. The molecule has 8 heteroatoms. The number of ether oxygens (including phenoxy) is 1. The first-order valence-corrected chi connectivity index (χ1v) is 10.6. The lowest BCUT2D eigenvalue weighted by Crippen LogP contribution is -2.35.